The molecule has 0 spiro atoms. The van der Waals surface area contributed by atoms with Crippen molar-refractivity contribution in [2.45, 2.75) is 25.9 Å². The Morgan fingerprint density at radius 1 is 1.44 bits per heavy atom. The van der Waals surface area contributed by atoms with Crippen molar-refractivity contribution in [3.8, 4) is 0 Å². The average Bonchev–Trinajstić information content (AvgIpc) is 2.80. The molecule has 18 heavy (non-hydrogen) atoms. The van der Waals surface area contributed by atoms with Crippen molar-refractivity contribution in [3.05, 3.63) is 35.1 Å². The highest BCUT2D eigenvalue weighted by Gasteiger charge is 2.22. The maximum atomic E-state index is 13.7. The molecule has 1 unspecified atom stereocenters. The minimum Gasteiger partial charge on any atom is -0.396 e. The molecule has 0 aliphatic carbocycles. The molecule has 2 rings (SSSR count). The predicted octanol–water partition coefficient (Wildman–Crippen LogP) is 1.49. The van der Waals surface area contributed by atoms with E-state index in [1.54, 1.807) is 6.07 Å². The summed E-state index contributed by atoms with van der Waals surface area (Å²) >= 11 is 0. The lowest BCUT2D eigenvalue weighted by atomic mass is 10.1. The summed E-state index contributed by atoms with van der Waals surface area (Å²) in [6.07, 6.45) is 1.95. The predicted molar refractivity (Wildman–Crippen MR) is 69.4 cm³/mol. The van der Waals surface area contributed by atoms with Gasteiger partial charge in [0, 0.05) is 31.8 Å². The van der Waals surface area contributed by atoms with Crippen LogP contribution in [0.3, 0.4) is 0 Å². The molecule has 1 aromatic rings. The summed E-state index contributed by atoms with van der Waals surface area (Å²) < 4.78 is 13.7. The zero-order chi connectivity index (χ0) is 13.0. The molecule has 1 aliphatic rings. The molecule has 1 aromatic carbocycles. The van der Waals surface area contributed by atoms with Gasteiger partial charge in [0.15, 0.2) is 0 Å². The smallest absolute Gasteiger partial charge is 0.127 e. The quantitative estimate of drug-likeness (QED) is 0.834. The van der Waals surface area contributed by atoms with Crippen LogP contribution in [0.25, 0.3) is 0 Å². The topological polar surface area (TPSA) is 49.5 Å². The monoisotopic (exact) mass is 252 g/mol. The van der Waals surface area contributed by atoms with Gasteiger partial charge < -0.3 is 10.8 Å². The molecule has 1 saturated heterocycles. The number of benzene rings is 1. The van der Waals surface area contributed by atoms with Gasteiger partial charge in [-0.1, -0.05) is 12.1 Å². The fourth-order valence-corrected chi connectivity index (χ4v) is 2.59. The molecule has 4 heteroatoms. The summed E-state index contributed by atoms with van der Waals surface area (Å²) in [4.78, 5) is 2.25. The Morgan fingerprint density at radius 3 is 3.00 bits per heavy atom. The number of aliphatic hydroxyl groups is 1. The van der Waals surface area contributed by atoms with Crippen LogP contribution in [0.15, 0.2) is 18.2 Å². The van der Waals surface area contributed by atoms with E-state index in [2.05, 4.69) is 4.90 Å². The van der Waals surface area contributed by atoms with Gasteiger partial charge in [-0.05, 0) is 36.9 Å². The molecule has 0 amide bonds. The van der Waals surface area contributed by atoms with Crippen LogP contribution in [0, 0.1) is 11.7 Å². The first-order chi connectivity index (χ1) is 8.72. The summed E-state index contributed by atoms with van der Waals surface area (Å²) in [5, 5.41) is 8.92. The minimum atomic E-state index is -0.155. The minimum absolute atomic E-state index is 0.155. The Bertz CT molecular complexity index is 397. The van der Waals surface area contributed by atoms with E-state index in [9.17, 15) is 4.39 Å². The van der Waals surface area contributed by atoms with Crippen LogP contribution in [-0.2, 0) is 13.1 Å². The van der Waals surface area contributed by atoms with Crippen molar-refractivity contribution in [2.75, 3.05) is 19.7 Å². The number of hydrogen-bond donors (Lipinski definition) is 2. The lowest BCUT2D eigenvalue weighted by Crippen LogP contribution is -2.21. The summed E-state index contributed by atoms with van der Waals surface area (Å²) in [5.41, 5.74) is 7.27. The Morgan fingerprint density at radius 2 is 2.28 bits per heavy atom. The molecule has 0 radical (unpaired) electrons. The molecule has 1 fully saturated rings. The molecule has 0 bridgehead atoms. The third-order valence-electron chi connectivity index (χ3n) is 3.65. The maximum Gasteiger partial charge on any atom is 0.127 e. The first-order valence-corrected chi connectivity index (χ1v) is 6.53. The zero-order valence-electron chi connectivity index (χ0n) is 10.6. The van der Waals surface area contributed by atoms with Crippen molar-refractivity contribution in [1.82, 2.24) is 4.90 Å². The van der Waals surface area contributed by atoms with Gasteiger partial charge in [-0.25, -0.2) is 4.39 Å². The molecule has 1 atom stereocenters. The van der Waals surface area contributed by atoms with Crippen molar-refractivity contribution in [1.29, 1.82) is 0 Å². The van der Waals surface area contributed by atoms with Crippen LogP contribution < -0.4 is 5.73 Å². The highest BCUT2D eigenvalue weighted by Crippen LogP contribution is 2.22. The second kappa shape index (κ2) is 6.27. The van der Waals surface area contributed by atoms with E-state index < -0.39 is 0 Å². The summed E-state index contributed by atoms with van der Waals surface area (Å²) in [6.45, 7) is 3.27. The lowest BCUT2D eigenvalue weighted by Gasteiger charge is -2.17. The van der Waals surface area contributed by atoms with Gasteiger partial charge in [0.25, 0.3) is 0 Å². The Balaban J connectivity index is 1.97. The van der Waals surface area contributed by atoms with E-state index in [0.717, 1.165) is 37.1 Å². The van der Waals surface area contributed by atoms with E-state index in [-0.39, 0.29) is 12.4 Å². The Kier molecular flexibility index (Phi) is 4.69. The van der Waals surface area contributed by atoms with Gasteiger partial charge in [-0.15, -0.1) is 0 Å². The normalized spacial score (nSPS) is 20.5. The second-order valence-corrected chi connectivity index (χ2v) is 5.03. The molecule has 1 heterocycles. The van der Waals surface area contributed by atoms with Crippen LogP contribution in [-0.4, -0.2) is 29.7 Å². The molecular weight excluding hydrogens is 231 g/mol. The maximum absolute atomic E-state index is 13.7. The molecule has 1 aliphatic heterocycles. The highest BCUT2D eigenvalue weighted by molar-refractivity contribution is 5.25. The van der Waals surface area contributed by atoms with Crippen LogP contribution in [0.2, 0.25) is 0 Å². The number of rotatable bonds is 5. The van der Waals surface area contributed by atoms with E-state index in [1.165, 1.54) is 6.07 Å². The fraction of sp³-hybridized carbons (Fsp3) is 0.571. The number of hydrogen-bond acceptors (Lipinski definition) is 3. The number of aliphatic hydroxyl groups excluding tert-OH is 1. The standard InChI is InChI=1S/C14H21FN2O/c15-14-2-1-12(8-16)7-13(14)10-17-5-3-11(9-17)4-6-18/h1-2,7,11,18H,3-6,8-10,16H2. The largest absolute Gasteiger partial charge is 0.396 e. The highest BCUT2D eigenvalue weighted by atomic mass is 19.1. The summed E-state index contributed by atoms with van der Waals surface area (Å²) in [6, 6.07) is 5.09. The Labute approximate surface area is 107 Å². The van der Waals surface area contributed by atoms with Gasteiger partial charge in [0.05, 0.1) is 0 Å². The van der Waals surface area contributed by atoms with Gasteiger partial charge in [-0.3, -0.25) is 4.90 Å². The Hall–Kier alpha value is -0.970. The number of nitrogens with two attached hydrogens (primary N) is 1. The average molecular weight is 252 g/mol. The molecule has 3 nitrogen and oxygen atoms in total. The lowest BCUT2D eigenvalue weighted by molar-refractivity contribution is 0.248. The molecule has 100 valence electrons. The van der Waals surface area contributed by atoms with Crippen LogP contribution in [0.1, 0.15) is 24.0 Å². The fourth-order valence-electron chi connectivity index (χ4n) is 2.59. The van der Waals surface area contributed by atoms with Crippen molar-refractivity contribution in [2.24, 2.45) is 11.7 Å². The van der Waals surface area contributed by atoms with Gasteiger partial charge >= 0.3 is 0 Å². The van der Waals surface area contributed by atoms with E-state index >= 15 is 0 Å². The van der Waals surface area contributed by atoms with Crippen LogP contribution in [0.4, 0.5) is 4.39 Å². The summed E-state index contributed by atoms with van der Waals surface area (Å²) in [7, 11) is 0. The number of likely N-dealkylation sites (tertiary alicyclic amines) is 1. The second-order valence-electron chi connectivity index (χ2n) is 5.03. The first kappa shape index (κ1) is 13.5. The molecule has 3 N–H and O–H groups in total. The van der Waals surface area contributed by atoms with Crippen molar-refractivity contribution >= 4 is 0 Å². The number of halogens is 1. The first-order valence-electron chi connectivity index (χ1n) is 6.53. The van der Waals surface area contributed by atoms with Gasteiger partial charge in [0.1, 0.15) is 5.82 Å². The molecule has 0 saturated carbocycles. The van der Waals surface area contributed by atoms with Gasteiger partial charge in [-0.2, -0.15) is 0 Å². The van der Waals surface area contributed by atoms with Crippen molar-refractivity contribution in [3.63, 3.8) is 0 Å². The number of nitrogens with zero attached hydrogens (tertiary/aromatic N) is 1. The molecule has 0 aromatic heterocycles. The zero-order valence-corrected chi connectivity index (χ0v) is 10.6. The van der Waals surface area contributed by atoms with E-state index in [0.29, 0.717) is 19.0 Å². The summed E-state index contributed by atoms with van der Waals surface area (Å²) in [5.74, 6) is 0.397. The van der Waals surface area contributed by atoms with Gasteiger partial charge in [0.2, 0.25) is 0 Å². The SMILES string of the molecule is NCc1ccc(F)c(CN2CCC(CCO)C2)c1. The van der Waals surface area contributed by atoms with Crippen LogP contribution >= 0.6 is 0 Å². The van der Waals surface area contributed by atoms with Crippen molar-refractivity contribution < 1.29 is 9.50 Å². The third-order valence-corrected chi connectivity index (χ3v) is 3.65. The molecular formula is C14H21FN2O. The van der Waals surface area contributed by atoms with E-state index in [1.807, 2.05) is 6.07 Å². The van der Waals surface area contributed by atoms with E-state index in [4.69, 9.17) is 10.8 Å². The third kappa shape index (κ3) is 3.28. The van der Waals surface area contributed by atoms with Crippen LogP contribution in [0.5, 0.6) is 0 Å².